The van der Waals surface area contributed by atoms with E-state index in [1.54, 1.807) is 4.68 Å². The Morgan fingerprint density at radius 2 is 2.05 bits per heavy atom. The second kappa shape index (κ2) is 5.76. The summed E-state index contributed by atoms with van der Waals surface area (Å²) in [6.07, 6.45) is -5.08. The van der Waals surface area contributed by atoms with Crippen LogP contribution in [-0.4, -0.2) is 42.0 Å². The number of alkyl halides is 3. The number of primary sulfonamides is 1. The van der Waals surface area contributed by atoms with Crippen molar-refractivity contribution in [1.82, 2.24) is 15.1 Å². The van der Waals surface area contributed by atoms with Gasteiger partial charge in [0, 0.05) is 19.2 Å². The van der Waals surface area contributed by atoms with Gasteiger partial charge in [0.25, 0.3) is 10.0 Å². The van der Waals surface area contributed by atoms with Gasteiger partial charge in [0.15, 0.2) is 5.03 Å². The van der Waals surface area contributed by atoms with Crippen molar-refractivity contribution >= 4 is 16.0 Å². The average molecular weight is 316 g/mol. The third-order valence-corrected chi connectivity index (χ3v) is 2.96. The highest BCUT2D eigenvalue weighted by Crippen LogP contribution is 2.13. The number of carbonyl (C=O) groups is 1. The van der Waals surface area contributed by atoms with Crippen LogP contribution in [-0.2, 0) is 27.9 Å². The molecule has 1 aliphatic heterocycles. The molecule has 8 nitrogen and oxygen atoms in total. The third-order valence-electron chi connectivity index (χ3n) is 2.18. The molecule has 20 heavy (non-hydrogen) atoms. The van der Waals surface area contributed by atoms with E-state index in [2.05, 4.69) is 10.4 Å². The molecule has 0 aliphatic carbocycles. The minimum Gasteiger partial charge on any atom is -0.475 e. The number of nitrogens with one attached hydrogen (secondary N) is 1. The van der Waals surface area contributed by atoms with E-state index >= 15 is 0 Å². The molecule has 2 heterocycles. The van der Waals surface area contributed by atoms with Crippen molar-refractivity contribution in [2.75, 3.05) is 6.54 Å². The van der Waals surface area contributed by atoms with E-state index in [1.165, 1.54) is 6.07 Å². The van der Waals surface area contributed by atoms with Gasteiger partial charge in [0.1, 0.15) is 0 Å². The second-order valence-electron chi connectivity index (χ2n) is 3.72. The topological polar surface area (TPSA) is 127 Å². The molecule has 0 saturated heterocycles. The van der Waals surface area contributed by atoms with Gasteiger partial charge in [0.05, 0.1) is 12.2 Å². The third kappa shape index (κ3) is 4.47. The Bertz CT molecular complexity index is 572. The number of halogens is 3. The molecule has 1 aromatic heterocycles. The van der Waals surface area contributed by atoms with Gasteiger partial charge in [-0.3, -0.25) is 4.68 Å². The second-order valence-corrected chi connectivity index (χ2v) is 5.23. The maximum Gasteiger partial charge on any atom is 0.490 e. The molecule has 12 heteroatoms. The van der Waals surface area contributed by atoms with Gasteiger partial charge in [-0.25, -0.2) is 18.4 Å². The van der Waals surface area contributed by atoms with Crippen LogP contribution in [0.5, 0.6) is 0 Å². The van der Waals surface area contributed by atoms with Crippen LogP contribution in [0.4, 0.5) is 13.2 Å². The lowest BCUT2D eigenvalue weighted by Gasteiger charge is -2.13. The monoisotopic (exact) mass is 316 g/mol. The van der Waals surface area contributed by atoms with Crippen molar-refractivity contribution in [3.63, 3.8) is 0 Å². The lowest BCUT2D eigenvalue weighted by molar-refractivity contribution is -0.192. The fourth-order valence-electron chi connectivity index (χ4n) is 1.31. The maximum absolute atomic E-state index is 10.9. The van der Waals surface area contributed by atoms with Gasteiger partial charge < -0.3 is 10.4 Å². The number of nitrogens with two attached hydrogens (primary N) is 1. The van der Waals surface area contributed by atoms with Crippen molar-refractivity contribution in [2.45, 2.75) is 24.3 Å². The van der Waals surface area contributed by atoms with Gasteiger partial charge in [-0.05, 0) is 0 Å². The number of carboxylic acids is 1. The van der Waals surface area contributed by atoms with E-state index in [-0.39, 0.29) is 5.03 Å². The minimum atomic E-state index is -5.08. The molecular weight excluding hydrogens is 305 g/mol. The molecule has 4 N–H and O–H groups in total. The van der Waals surface area contributed by atoms with E-state index in [9.17, 15) is 21.6 Å². The van der Waals surface area contributed by atoms with Gasteiger partial charge in [0.2, 0.25) is 0 Å². The normalized spacial score (nSPS) is 15.0. The lowest BCUT2D eigenvalue weighted by atomic mass is 10.3. The first-order valence-corrected chi connectivity index (χ1v) is 6.67. The number of aliphatic carboxylic acids is 1. The maximum atomic E-state index is 10.9. The van der Waals surface area contributed by atoms with Crippen LogP contribution in [0.2, 0.25) is 0 Å². The molecule has 1 aromatic rings. The lowest BCUT2D eigenvalue weighted by Crippen LogP contribution is -2.28. The zero-order chi connectivity index (χ0) is 15.6. The Morgan fingerprint density at radius 1 is 1.50 bits per heavy atom. The number of hydrogen-bond acceptors (Lipinski definition) is 5. The van der Waals surface area contributed by atoms with Gasteiger partial charge in [-0.2, -0.15) is 18.3 Å². The van der Waals surface area contributed by atoms with Crippen LogP contribution in [0.1, 0.15) is 5.69 Å². The number of sulfonamides is 1. The molecule has 0 amide bonds. The molecule has 1 aliphatic rings. The van der Waals surface area contributed by atoms with Crippen LogP contribution in [0.3, 0.4) is 0 Å². The smallest absolute Gasteiger partial charge is 0.475 e. The number of carboxylic acid groups (broad SMARTS) is 1. The summed E-state index contributed by atoms with van der Waals surface area (Å²) in [4.78, 5) is 8.90. The first-order valence-electron chi connectivity index (χ1n) is 5.12. The molecule has 0 radical (unpaired) electrons. The molecule has 0 unspecified atom stereocenters. The summed E-state index contributed by atoms with van der Waals surface area (Å²) in [7, 11) is -3.66. The molecule has 2 rings (SSSR count). The van der Waals surface area contributed by atoms with E-state index in [1.807, 2.05) is 0 Å². The predicted octanol–water partition coefficient (Wildman–Crippen LogP) is -0.733. The van der Waals surface area contributed by atoms with Crippen LogP contribution < -0.4 is 10.5 Å². The molecule has 0 spiro atoms. The van der Waals surface area contributed by atoms with Crippen molar-refractivity contribution in [2.24, 2.45) is 5.14 Å². The van der Waals surface area contributed by atoms with Crippen molar-refractivity contribution in [3.05, 3.63) is 11.8 Å². The largest absolute Gasteiger partial charge is 0.490 e. The van der Waals surface area contributed by atoms with Crippen molar-refractivity contribution in [3.8, 4) is 0 Å². The van der Waals surface area contributed by atoms with E-state index in [4.69, 9.17) is 15.0 Å². The Balaban J connectivity index is 0.000000246. The van der Waals surface area contributed by atoms with Gasteiger partial charge >= 0.3 is 12.1 Å². The van der Waals surface area contributed by atoms with Crippen molar-refractivity contribution in [1.29, 1.82) is 0 Å². The fourth-order valence-corrected chi connectivity index (χ4v) is 1.82. The SMILES string of the molecule is NS(=O)(=O)c1cc2n(n1)CCNC2.O=C(O)C(F)(F)F. The van der Waals surface area contributed by atoms with E-state index < -0.39 is 22.2 Å². The minimum absolute atomic E-state index is 0.0498. The number of rotatable bonds is 1. The molecular formula is C8H11F3N4O4S. The first kappa shape index (κ1) is 16.4. The highest BCUT2D eigenvalue weighted by Gasteiger charge is 2.38. The molecule has 0 saturated carbocycles. The molecule has 0 atom stereocenters. The van der Waals surface area contributed by atoms with Crippen LogP contribution >= 0.6 is 0 Å². The highest BCUT2D eigenvalue weighted by atomic mass is 32.2. The fraction of sp³-hybridized carbons (Fsp3) is 0.500. The first-order chi connectivity index (χ1) is 9.01. The van der Waals surface area contributed by atoms with Gasteiger partial charge in [-0.1, -0.05) is 0 Å². The van der Waals surface area contributed by atoms with Crippen LogP contribution in [0.15, 0.2) is 11.1 Å². The number of aromatic nitrogens is 2. The molecule has 0 bridgehead atoms. The average Bonchev–Trinajstić information content (AvgIpc) is 2.71. The Kier molecular flexibility index (Phi) is 4.73. The van der Waals surface area contributed by atoms with Crippen LogP contribution in [0.25, 0.3) is 0 Å². The number of fused-ring (bicyclic) bond motifs is 1. The van der Waals surface area contributed by atoms with Crippen molar-refractivity contribution < 1.29 is 31.5 Å². The summed E-state index contributed by atoms with van der Waals surface area (Å²) in [6.45, 7) is 2.13. The quantitative estimate of drug-likeness (QED) is 0.626. The predicted molar refractivity (Wildman–Crippen MR) is 59.0 cm³/mol. The summed E-state index contributed by atoms with van der Waals surface area (Å²) in [5.74, 6) is -2.76. The zero-order valence-corrected chi connectivity index (χ0v) is 10.7. The van der Waals surface area contributed by atoms with Crippen LogP contribution in [0, 0.1) is 0 Å². The highest BCUT2D eigenvalue weighted by molar-refractivity contribution is 7.89. The Labute approximate surface area is 111 Å². The Morgan fingerprint density at radius 3 is 2.45 bits per heavy atom. The summed E-state index contributed by atoms with van der Waals surface area (Å²) in [6, 6.07) is 1.50. The standard InChI is InChI=1S/C6H10N4O2S.C2HF3O2/c7-13(11,12)6-3-5-4-8-1-2-10(5)9-6;3-2(4,5)1(6)7/h3,8H,1-2,4H2,(H2,7,11,12);(H,6,7). The number of hydrogen-bond donors (Lipinski definition) is 3. The molecule has 0 fully saturated rings. The van der Waals surface area contributed by atoms with Gasteiger partial charge in [-0.15, -0.1) is 0 Å². The van der Waals surface area contributed by atoms with E-state index in [0.717, 1.165) is 12.2 Å². The summed E-state index contributed by atoms with van der Waals surface area (Å²) in [5.41, 5.74) is 0.857. The summed E-state index contributed by atoms with van der Waals surface area (Å²) in [5, 5.41) is 19.0. The molecule has 0 aromatic carbocycles. The Hall–Kier alpha value is -1.66. The summed E-state index contributed by atoms with van der Waals surface area (Å²) < 4.78 is 55.3. The summed E-state index contributed by atoms with van der Waals surface area (Å²) >= 11 is 0. The van der Waals surface area contributed by atoms with E-state index in [0.29, 0.717) is 13.1 Å². The number of nitrogens with zero attached hydrogens (tertiary/aromatic N) is 2. The zero-order valence-electron chi connectivity index (χ0n) is 9.88. The molecule has 114 valence electrons.